The van der Waals surface area contributed by atoms with Crippen molar-refractivity contribution in [3.8, 4) is 0 Å². The highest BCUT2D eigenvalue weighted by Gasteiger charge is 2.34. The van der Waals surface area contributed by atoms with Crippen molar-refractivity contribution in [3.05, 3.63) is 0 Å². The van der Waals surface area contributed by atoms with Crippen molar-refractivity contribution < 1.29 is 4.79 Å². The number of nitrogens with one attached hydrogen (secondary N) is 2. The molecule has 2 atom stereocenters. The fourth-order valence-corrected chi connectivity index (χ4v) is 2.54. The van der Waals surface area contributed by atoms with E-state index >= 15 is 0 Å². The van der Waals surface area contributed by atoms with Gasteiger partial charge in [-0.1, -0.05) is 12.8 Å². The van der Waals surface area contributed by atoms with Crippen LogP contribution in [0, 0.1) is 5.92 Å². The lowest BCUT2D eigenvalue weighted by molar-refractivity contribution is -0.125. The number of carbonyl (C=O) groups excluding carboxylic acids is 1. The van der Waals surface area contributed by atoms with E-state index in [0.29, 0.717) is 12.1 Å². The normalized spacial score (nSPS) is 32.6. The molecular weight excluding hydrogens is 176 g/mol. The summed E-state index contributed by atoms with van der Waals surface area (Å²) in [5.41, 5.74) is 0. The van der Waals surface area contributed by atoms with E-state index in [-0.39, 0.29) is 11.8 Å². The summed E-state index contributed by atoms with van der Waals surface area (Å²) in [5, 5.41) is 6.39. The van der Waals surface area contributed by atoms with Gasteiger partial charge in [-0.15, -0.1) is 0 Å². The fourth-order valence-electron chi connectivity index (χ4n) is 2.54. The molecule has 2 unspecified atom stereocenters. The van der Waals surface area contributed by atoms with Crippen molar-refractivity contribution in [2.24, 2.45) is 5.92 Å². The Morgan fingerprint density at radius 1 is 1.14 bits per heavy atom. The van der Waals surface area contributed by atoms with E-state index in [1.165, 1.54) is 32.1 Å². The summed E-state index contributed by atoms with van der Waals surface area (Å²) < 4.78 is 0. The van der Waals surface area contributed by atoms with Crippen LogP contribution in [0.2, 0.25) is 0 Å². The van der Waals surface area contributed by atoms with E-state index < -0.39 is 0 Å². The number of rotatable bonds is 3. The third kappa shape index (κ3) is 1.92. The topological polar surface area (TPSA) is 41.1 Å². The monoisotopic (exact) mass is 196 g/mol. The third-order valence-corrected chi connectivity index (χ3v) is 3.65. The summed E-state index contributed by atoms with van der Waals surface area (Å²) in [4.78, 5) is 11.6. The molecule has 2 N–H and O–H groups in total. The fraction of sp³-hybridized carbons (Fsp3) is 0.909. The third-order valence-electron chi connectivity index (χ3n) is 3.65. The van der Waals surface area contributed by atoms with E-state index in [9.17, 15) is 4.79 Å². The van der Waals surface area contributed by atoms with Crippen molar-refractivity contribution in [1.82, 2.24) is 10.6 Å². The molecule has 80 valence electrons. The second kappa shape index (κ2) is 4.30. The molecule has 0 aromatic heterocycles. The zero-order valence-electron chi connectivity index (χ0n) is 8.88. The maximum atomic E-state index is 11.6. The van der Waals surface area contributed by atoms with Gasteiger partial charge in [0.2, 0.25) is 5.91 Å². The van der Waals surface area contributed by atoms with Crippen molar-refractivity contribution in [3.63, 3.8) is 0 Å². The first-order valence-corrected chi connectivity index (χ1v) is 5.79. The van der Waals surface area contributed by atoms with Gasteiger partial charge in [0, 0.05) is 19.1 Å². The van der Waals surface area contributed by atoms with Gasteiger partial charge in [0.1, 0.15) is 0 Å². The Morgan fingerprint density at radius 2 is 1.86 bits per heavy atom. The maximum Gasteiger partial charge on any atom is 0.224 e. The quantitative estimate of drug-likeness (QED) is 0.708. The summed E-state index contributed by atoms with van der Waals surface area (Å²) in [6.07, 6.45) is 7.39. The first kappa shape index (κ1) is 9.97. The molecule has 0 bridgehead atoms. The molecule has 0 aromatic carbocycles. The molecule has 3 nitrogen and oxygen atoms in total. The predicted octanol–water partition coefficient (Wildman–Crippen LogP) is 1.04. The molecule has 0 spiro atoms. The number of hydrogen-bond donors (Lipinski definition) is 2. The van der Waals surface area contributed by atoms with Crippen molar-refractivity contribution in [2.45, 2.75) is 50.6 Å². The molecule has 2 aliphatic rings. The zero-order chi connectivity index (χ0) is 9.97. The van der Waals surface area contributed by atoms with Gasteiger partial charge >= 0.3 is 0 Å². The molecule has 1 amide bonds. The van der Waals surface area contributed by atoms with E-state index in [0.717, 1.165) is 6.42 Å². The van der Waals surface area contributed by atoms with Crippen LogP contribution in [-0.2, 0) is 4.79 Å². The lowest BCUT2D eigenvalue weighted by Gasteiger charge is -2.32. The van der Waals surface area contributed by atoms with Crippen LogP contribution in [0.3, 0.4) is 0 Å². The van der Waals surface area contributed by atoms with E-state index in [1.807, 2.05) is 0 Å². The van der Waals surface area contributed by atoms with Gasteiger partial charge in [0.05, 0.1) is 5.92 Å². The summed E-state index contributed by atoms with van der Waals surface area (Å²) in [6, 6.07) is 1.14. The van der Waals surface area contributed by atoms with Crippen LogP contribution in [0.4, 0.5) is 0 Å². The Bertz CT molecular complexity index is 213. The van der Waals surface area contributed by atoms with E-state index in [4.69, 9.17) is 0 Å². The Kier molecular flexibility index (Phi) is 3.06. The second-order valence-electron chi connectivity index (χ2n) is 4.55. The molecule has 0 radical (unpaired) electrons. The van der Waals surface area contributed by atoms with Gasteiger partial charge in [-0.25, -0.2) is 0 Å². The van der Waals surface area contributed by atoms with Crippen molar-refractivity contribution >= 4 is 5.91 Å². The molecule has 2 saturated carbocycles. The highest BCUT2D eigenvalue weighted by Crippen LogP contribution is 2.29. The standard InChI is InChI=1S/C11H20N2O/c1-12-11(14)9-6-3-7-10(9)13-8-4-2-5-8/h8-10,13H,2-7H2,1H3,(H,12,14). The predicted molar refractivity (Wildman–Crippen MR) is 56.0 cm³/mol. The highest BCUT2D eigenvalue weighted by molar-refractivity contribution is 5.79. The summed E-state index contributed by atoms with van der Waals surface area (Å²) >= 11 is 0. The van der Waals surface area contributed by atoms with Crippen molar-refractivity contribution in [1.29, 1.82) is 0 Å². The zero-order valence-corrected chi connectivity index (χ0v) is 8.88. The number of hydrogen-bond acceptors (Lipinski definition) is 2. The Labute approximate surface area is 85.6 Å². The molecule has 0 aliphatic heterocycles. The van der Waals surface area contributed by atoms with Crippen LogP contribution in [-0.4, -0.2) is 25.0 Å². The Balaban J connectivity index is 1.85. The van der Waals surface area contributed by atoms with Gasteiger partial charge in [-0.3, -0.25) is 4.79 Å². The Hall–Kier alpha value is -0.570. The van der Waals surface area contributed by atoms with Gasteiger partial charge in [0.15, 0.2) is 0 Å². The first-order chi connectivity index (χ1) is 6.81. The largest absolute Gasteiger partial charge is 0.359 e. The smallest absolute Gasteiger partial charge is 0.224 e. The molecule has 0 heterocycles. The number of amides is 1. The second-order valence-corrected chi connectivity index (χ2v) is 4.55. The minimum atomic E-state index is 0.222. The summed E-state index contributed by atoms with van der Waals surface area (Å²) in [7, 11) is 1.74. The SMILES string of the molecule is CNC(=O)C1CCCC1NC1CCC1. The molecule has 0 saturated heterocycles. The first-order valence-electron chi connectivity index (χ1n) is 5.79. The van der Waals surface area contributed by atoms with Crippen LogP contribution in [0.1, 0.15) is 38.5 Å². The molecule has 14 heavy (non-hydrogen) atoms. The lowest BCUT2D eigenvalue weighted by Crippen LogP contribution is -2.47. The van der Waals surface area contributed by atoms with E-state index in [1.54, 1.807) is 7.05 Å². The van der Waals surface area contributed by atoms with E-state index in [2.05, 4.69) is 10.6 Å². The van der Waals surface area contributed by atoms with Crippen LogP contribution in [0.5, 0.6) is 0 Å². The average Bonchev–Trinajstić information content (AvgIpc) is 2.58. The summed E-state index contributed by atoms with van der Waals surface area (Å²) in [6.45, 7) is 0. The van der Waals surface area contributed by atoms with Gasteiger partial charge < -0.3 is 10.6 Å². The molecule has 3 heteroatoms. The average molecular weight is 196 g/mol. The molecule has 0 aromatic rings. The van der Waals surface area contributed by atoms with Gasteiger partial charge in [-0.2, -0.15) is 0 Å². The molecule has 2 fully saturated rings. The molecule has 2 rings (SSSR count). The van der Waals surface area contributed by atoms with Crippen LogP contribution >= 0.6 is 0 Å². The molecule has 2 aliphatic carbocycles. The highest BCUT2D eigenvalue weighted by atomic mass is 16.1. The summed E-state index contributed by atoms with van der Waals surface area (Å²) in [5.74, 6) is 0.444. The van der Waals surface area contributed by atoms with Crippen molar-refractivity contribution in [2.75, 3.05) is 7.05 Å². The van der Waals surface area contributed by atoms with Crippen LogP contribution in [0.15, 0.2) is 0 Å². The Morgan fingerprint density at radius 3 is 2.43 bits per heavy atom. The minimum Gasteiger partial charge on any atom is -0.359 e. The van der Waals surface area contributed by atoms with Gasteiger partial charge in [-0.05, 0) is 25.7 Å². The van der Waals surface area contributed by atoms with Gasteiger partial charge in [0.25, 0.3) is 0 Å². The maximum absolute atomic E-state index is 11.6. The molecular formula is C11H20N2O. The number of carbonyl (C=O) groups is 1. The minimum absolute atomic E-state index is 0.222. The van der Waals surface area contributed by atoms with Crippen LogP contribution < -0.4 is 10.6 Å². The lowest BCUT2D eigenvalue weighted by atomic mass is 9.91. The van der Waals surface area contributed by atoms with Crippen LogP contribution in [0.25, 0.3) is 0 Å².